The molecule has 2 amide bonds. The second-order valence-electron chi connectivity index (χ2n) is 7.01. The Kier molecular flexibility index (Phi) is 8.97. The highest BCUT2D eigenvalue weighted by Gasteiger charge is 2.24. The number of nitrogens with two attached hydrogens (primary N) is 1. The first-order chi connectivity index (χ1) is 14.9. The van der Waals surface area contributed by atoms with Crippen molar-refractivity contribution in [1.29, 1.82) is 0 Å². The van der Waals surface area contributed by atoms with E-state index in [0.717, 1.165) is 28.7 Å². The first-order valence-corrected chi connectivity index (χ1v) is 9.90. The van der Waals surface area contributed by atoms with E-state index in [1.165, 1.54) is 5.48 Å². The van der Waals surface area contributed by atoms with E-state index in [-0.39, 0.29) is 6.61 Å². The molecule has 162 valence electrons. The average Bonchev–Trinajstić information content (AvgIpc) is 2.80. The quantitative estimate of drug-likeness (QED) is 0.266. The molecule has 2 aromatic carbocycles. The lowest BCUT2D eigenvalue weighted by Crippen LogP contribution is -2.54. The van der Waals surface area contributed by atoms with Crippen molar-refractivity contribution < 1.29 is 19.9 Å². The van der Waals surface area contributed by atoms with Gasteiger partial charge in [0.1, 0.15) is 6.04 Å². The van der Waals surface area contributed by atoms with Crippen molar-refractivity contribution in [1.82, 2.24) is 10.8 Å². The molecule has 0 unspecified atom stereocenters. The molecule has 0 saturated heterocycles. The summed E-state index contributed by atoms with van der Waals surface area (Å²) in [4.78, 5) is 24.1. The van der Waals surface area contributed by atoms with Crippen LogP contribution in [-0.4, -0.2) is 34.2 Å². The second-order valence-corrected chi connectivity index (χ2v) is 7.01. The fourth-order valence-corrected chi connectivity index (χ4v) is 2.86. The minimum absolute atomic E-state index is 0.00213. The van der Waals surface area contributed by atoms with Gasteiger partial charge >= 0.3 is 0 Å². The maximum atomic E-state index is 12.4. The van der Waals surface area contributed by atoms with Crippen LogP contribution in [0.15, 0.2) is 54.6 Å². The summed E-state index contributed by atoms with van der Waals surface area (Å²) in [5, 5.41) is 20.4. The molecule has 2 rings (SSSR count). The smallest absolute Gasteiger partial charge is 0.267 e. The van der Waals surface area contributed by atoms with E-state index in [2.05, 4.69) is 17.2 Å². The van der Waals surface area contributed by atoms with E-state index in [1.54, 1.807) is 19.1 Å². The van der Waals surface area contributed by atoms with Crippen LogP contribution in [0, 0.1) is 11.8 Å². The molecule has 0 heterocycles. The number of rotatable bonds is 7. The third-order valence-corrected chi connectivity index (χ3v) is 4.70. The first kappa shape index (κ1) is 23.8. The molecular formula is C24H27N3O4. The standard InChI is InChI=1S/C24H27N3O4/c1-3-19(6-4-5-17-7-9-18(15-28)10-8-17)20-11-13-21(14-12-20)23(29)26-22(16(2)25)24(30)27-31/h6-14,16,22,28,31H,3,15,25H2,1-2H3,(H,26,29)(H,27,30)/b19-6+/t16-,22+/m1/s1. The van der Waals surface area contributed by atoms with Crippen molar-refractivity contribution in [3.8, 4) is 11.8 Å². The number of aliphatic hydroxyl groups excluding tert-OH is 1. The SMILES string of the molecule is CC/C(=C\C#Cc1ccc(CO)cc1)c1ccc(C(=O)N[C@H](C(=O)NO)[C@@H](C)N)cc1. The van der Waals surface area contributed by atoms with Crippen LogP contribution in [-0.2, 0) is 11.4 Å². The van der Waals surface area contributed by atoms with Crippen molar-refractivity contribution in [3.05, 3.63) is 76.9 Å². The maximum absolute atomic E-state index is 12.4. The van der Waals surface area contributed by atoms with Crippen molar-refractivity contribution in [2.45, 2.75) is 39.0 Å². The highest BCUT2D eigenvalue weighted by Crippen LogP contribution is 2.18. The number of benzene rings is 2. The van der Waals surface area contributed by atoms with Gasteiger partial charge in [-0.1, -0.05) is 43.0 Å². The molecule has 6 N–H and O–H groups in total. The van der Waals surface area contributed by atoms with E-state index in [1.807, 2.05) is 49.4 Å². The summed E-state index contributed by atoms with van der Waals surface area (Å²) in [6.45, 7) is 3.58. The van der Waals surface area contributed by atoms with Crippen molar-refractivity contribution in [2.24, 2.45) is 5.73 Å². The van der Waals surface area contributed by atoms with Gasteiger partial charge in [-0.15, -0.1) is 0 Å². The van der Waals surface area contributed by atoms with Crippen molar-refractivity contribution in [2.75, 3.05) is 0 Å². The Morgan fingerprint density at radius 1 is 1.10 bits per heavy atom. The topological polar surface area (TPSA) is 125 Å². The monoisotopic (exact) mass is 421 g/mol. The van der Waals surface area contributed by atoms with Gasteiger partial charge < -0.3 is 16.2 Å². The number of carbonyl (C=O) groups excluding carboxylic acids is 2. The Morgan fingerprint density at radius 2 is 1.71 bits per heavy atom. The molecule has 0 fully saturated rings. The zero-order chi connectivity index (χ0) is 22.8. The molecule has 0 aliphatic heterocycles. The molecule has 2 atom stereocenters. The fraction of sp³-hybridized carbons (Fsp3) is 0.250. The third-order valence-electron chi connectivity index (χ3n) is 4.70. The molecular weight excluding hydrogens is 394 g/mol. The van der Waals surface area contributed by atoms with E-state index in [0.29, 0.717) is 5.56 Å². The number of allylic oxidation sites excluding steroid dienone is 2. The highest BCUT2D eigenvalue weighted by molar-refractivity contribution is 5.97. The number of carbonyl (C=O) groups is 2. The average molecular weight is 421 g/mol. The Hall–Kier alpha value is -3.44. The normalized spacial score (nSPS) is 12.9. The van der Waals surface area contributed by atoms with Crippen molar-refractivity contribution in [3.63, 3.8) is 0 Å². The summed E-state index contributed by atoms with van der Waals surface area (Å²) < 4.78 is 0. The summed E-state index contributed by atoms with van der Waals surface area (Å²) in [7, 11) is 0. The lowest BCUT2D eigenvalue weighted by molar-refractivity contribution is -0.131. The molecule has 0 aliphatic rings. The number of hydrogen-bond donors (Lipinski definition) is 5. The van der Waals surface area contributed by atoms with Gasteiger partial charge in [0.25, 0.3) is 11.8 Å². The molecule has 0 radical (unpaired) electrons. The van der Waals surface area contributed by atoms with Crippen LogP contribution in [0.1, 0.15) is 47.3 Å². The van der Waals surface area contributed by atoms with Gasteiger partial charge in [-0.2, -0.15) is 0 Å². The maximum Gasteiger partial charge on any atom is 0.267 e. The third kappa shape index (κ3) is 6.79. The van der Waals surface area contributed by atoms with E-state index >= 15 is 0 Å². The first-order valence-electron chi connectivity index (χ1n) is 9.90. The van der Waals surface area contributed by atoms with Crippen LogP contribution >= 0.6 is 0 Å². The van der Waals surface area contributed by atoms with Crippen LogP contribution in [0.25, 0.3) is 5.57 Å². The van der Waals surface area contributed by atoms with Gasteiger partial charge in [0.2, 0.25) is 0 Å². The van der Waals surface area contributed by atoms with Crippen LogP contribution in [0.4, 0.5) is 0 Å². The van der Waals surface area contributed by atoms with Crippen LogP contribution in [0.3, 0.4) is 0 Å². The lowest BCUT2D eigenvalue weighted by atomic mass is 10.0. The zero-order valence-corrected chi connectivity index (χ0v) is 17.6. The fourth-order valence-electron chi connectivity index (χ4n) is 2.86. The largest absolute Gasteiger partial charge is 0.392 e. The van der Waals surface area contributed by atoms with E-state index in [4.69, 9.17) is 16.0 Å². The van der Waals surface area contributed by atoms with Crippen LogP contribution < -0.4 is 16.5 Å². The van der Waals surface area contributed by atoms with Gasteiger partial charge in [-0.05, 0) is 60.4 Å². The Labute approximate surface area is 181 Å². The van der Waals surface area contributed by atoms with Crippen molar-refractivity contribution >= 4 is 17.4 Å². The predicted molar refractivity (Wildman–Crippen MR) is 119 cm³/mol. The Bertz CT molecular complexity index is 984. The summed E-state index contributed by atoms with van der Waals surface area (Å²) in [6, 6.07) is 12.6. The molecule has 7 heteroatoms. The van der Waals surface area contributed by atoms with Gasteiger partial charge in [0.15, 0.2) is 0 Å². The molecule has 0 aliphatic carbocycles. The second kappa shape index (κ2) is 11.7. The van der Waals surface area contributed by atoms with Crippen LogP contribution in [0.5, 0.6) is 0 Å². The molecule has 0 bridgehead atoms. The summed E-state index contributed by atoms with van der Waals surface area (Å²) in [5.41, 5.74) is 11.2. The number of hydroxylamine groups is 1. The van der Waals surface area contributed by atoms with Gasteiger partial charge in [0.05, 0.1) is 6.61 Å². The minimum atomic E-state index is -1.05. The number of aliphatic hydroxyl groups is 1. The summed E-state index contributed by atoms with van der Waals surface area (Å²) >= 11 is 0. The van der Waals surface area contributed by atoms with Gasteiger partial charge in [-0.3, -0.25) is 14.8 Å². The summed E-state index contributed by atoms with van der Waals surface area (Å²) in [6.07, 6.45) is 2.60. The molecule has 0 spiro atoms. The molecule has 2 aromatic rings. The summed E-state index contributed by atoms with van der Waals surface area (Å²) in [5.74, 6) is 4.87. The van der Waals surface area contributed by atoms with Crippen LogP contribution in [0.2, 0.25) is 0 Å². The molecule has 7 nitrogen and oxygen atoms in total. The predicted octanol–water partition coefficient (Wildman–Crippen LogP) is 1.97. The number of amides is 2. The Balaban J connectivity index is 2.12. The molecule has 0 aromatic heterocycles. The van der Waals surface area contributed by atoms with E-state index < -0.39 is 23.9 Å². The zero-order valence-electron chi connectivity index (χ0n) is 17.6. The number of nitrogens with one attached hydrogen (secondary N) is 2. The van der Waals surface area contributed by atoms with E-state index in [9.17, 15) is 9.59 Å². The molecule has 0 saturated carbocycles. The Morgan fingerprint density at radius 3 is 2.23 bits per heavy atom. The highest BCUT2D eigenvalue weighted by atomic mass is 16.5. The number of hydrogen-bond acceptors (Lipinski definition) is 5. The molecule has 31 heavy (non-hydrogen) atoms. The van der Waals surface area contributed by atoms with Gasteiger partial charge in [-0.25, -0.2) is 5.48 Å². The lowest BCUT2D eigenvalue weighted by Gasteiger charge is -2.20. The minimum Gasteiger partial charge on any atom is -0.392 e. The van der Waals surface area contributed by atoms with Gasteiger partial charge in [0, 0.05) is 17.2 Å².